The van der Waals surface area contributed by atoms with Gasteiger partial charge in [-0.25, -0.2) is 0 Å². The third-order valence-corrected chi connectivity index (χ3v) is 3.84. The van der Waals surface area contributed by atoms with Crippen LogP contribution in [0.3, 0.4) is 0 Å². The Labute approximate surface area is 146 Å². The van der Waals surface area contributed by atoms with Gasteiger partial charge in [-0.2, -0.15) is 0 Å². The molecule has 0 aliphatic carbocycles. The Morgan fingerprint density at radius 3 is 2.54 bits per heavy atom. The van der Waals surface area contributed by atoms with Crippen LogP contribution in [0.5, 0.6) is 0 Å². The minimum Gasteiger partial charge on any atom is -0.357 e. The largest absolute Gasteiger partial charge is 0.357 e. The van der Waals surface area contributed by atoms with Gasteiger partial charge in [-0.05, 0) is 39.7 Å². The van der Waals surface area contributed by atoms with Crippen molar-refractivity contribution in [3.8, 4) is 0 Å². The van der Waals surface area contributed by atoms with Crippen molar-refractivity contribution >= 4 is 11.9 Å². The molecule has 0 heterocycles. The van der Waals surface area contributed by atoms with Gasteiger partial charge in [0, 0.05) is 32.6 Å². The Morgan fingerprint density at radius 1 is 1.17 bits per heavy atom. The van der Waals surface area contributed by atoms with Crippen molar-refractivity contribution in [2.45, 2.75) is 40.5 Å². The molecule has 0 saturated carbocycles. The molecule has 0 aliphatic heterocycles. The molecule has 134 valence electrons. The van der Waals surface area contributed by atoms with E-state index in [0.717, 1.165) is 38.6 Å². The van der Waals surface area contributed by atoms with E-state index in [1.807, 2.05) is 25.7 Å². The number of carbonyl (C=O) groups excluding carboxylic acids is 1. The summed E-state index contributed by atoms with van der Waals surface area (Å²) in [5.41, 5.74) is 2.60. The topological polar surface area (TPSA) is 56.7 Å². The first-order chi connectivity index (χ1) is 11.6. The van der Waals surface area contributed by atoms with Crippen molar-refractivity contribution in [1.29, 1.82) is 0 Å². The van der Waals surface area contributed by atoms with E-state index in [4.69, 9.17) is 0 Å². The van der Waals surface area contributed by atoms with Crippen LogP contribution in [-0.4, -0.2) is 49.5 Å². The minimum atomic E-state index is 0.166. The summed E-state index contributed by atoms with van der Waals surface area (Å²) in [5, 5.41) is 6.56. The van der Waals surface area contributed by atoms with Gasteiger partial charge in [0.1, 0.15) is 0 Å². The van der Waals surface area contributed by atoms with E-state index in [0.29, 0.717) is 13.0 Å². The first-order valence-electron chi connectivity index (χ1n) is 8.96. The van der Waals surface area contributed by atoms with Gasteiger partial charge in [0.15, 0.2) is 5.96 Å². The second-order valence-corrected chi connectivity index (χ2v) is 5.74. The molecule has 1 aromatic carbocycles. The molecular formula is C19H32N4O. The van der Waals surface area contributed by atoms with Crippen LogP contribution in [0.2, 0.25) is 0 Å². The van der Waals surface area contributed by atoms with Crippen LogP contribution in [0.4, 0.5) is 0 Å². The van der Waals surface area contributed by atoms with Crippen molar-refractivity contribution in [3.63, 3.8) is 0 Å². The van der Waals surface area contributed by atoms with Crippen molar-refractivity contribution in [1.82, 2.24) is 15.5 Å². The van der Waals surface area contributed by atoms with Crippen LogP contribution < -0.4 is 10.6 Å². The number of hydrogen-bond acceptors (Lipinski definition) is 2. The SMILES string of the molecule is CCNC(=NCCC(=O)N(CC)CC)NCCc1cccc(C)c1. The van der Waals surface area contributed by atoms with E-state index in [-0.39, 0.29) is 5.91 Å². The number of hydrogen-bond donors (Lipinski definition) is 2. The maximum Gasteiger partial charge on any atom is 0.224 e. The van der Waals surface area contributed by atoms with Gasteiger partial charge in [0.25, 0.3) is 0 Å². The van der Waals surface area contributed by atoms with Gasteiger partial charge in [-0.3, -0.25) is 9.79 Å². The number of nitrogens with zero attached hydrogens (tertiary/aromatic N) is 2. The molecule has 0 bridgehead atoms. The summed E-state index contributed by atoms with van der Waals surface area (Å²) in [6.07, 6.45) is 1.40. The predicted octanol–water partition coefficient (Wildman–Crippen LogP) is 2.35. The van der Waals surface area contributed by atoms with E-state index in [9.17, 15) is 4.79 Å². The van der Waals surface area contributed by atoms with Crippen LogP contribution >= 0.6 is 0 Å². The standard InChI is InChI=1S/C19H32N4O/c1-5-20-19(22-14-12-18(24)23(6-2)7-3)21-13-11-17-10-8-9-16(4)15-17/h8-10,15H,5-7,11-14H2,1-4H3,(H2,20,21,22). The maximum absolute atomic E-state index is 12.0. The molecule has 2 N–H and O–H groups in total. The molecule has 0 aliphatic rings. The van der Waals surface area contributed by atoms with Crippen LogP contribution in [0.1, 0.15) is 38.3 Å². The Balaban J connectivity index is 2.43. The summed E-state index contributed by atoms with van der Waals surface area (Å²) in [6, 6.07) is 8.54. The fraction of sp³-hybridized carbons (Fsp3) is 0.579. The van der Waals surface area contributed by atoms with Gasteiger partial charge in [0.05, 0.1) is 6.54 Å². The van der Waals surface area contributed by atoms with Gasteiger partial charge < -0.3 is 15.5 Å². The molecule has 24 heavy (non-hydrogen) atoms. The second kappa shape index (κ2) is 11.5. The first kappa shape index (κ1) is 20.0. The molecule has 0 aromatic heterocycles. The summed E-state index contributed by atoms with van der Waals surface area (Å²) in [4.78, 5) is 18.3. The number of carbonyl (C=O) groups is 1. The van der Waals surface area contributed by atoms with Gasteiger partial charge in [-0.15, -0.1) is 0 Å². The Hall–Kier alpha value is -2.04. The van der Waals surface area contributed by atoms with Gasteiger partial charge >= 0.3 is 0 Å². The molecule has 0 saturated heterocycles. The molecule has 1 amide bonds. The lowest BCUT2D eigenvalue weighted by Crippen LogP contribution is -2.38. The Kier molecular flexibility index (Phi) is 9.58. The highest BCUT2D eigenvalue weighted by Crippen LogP contribution is 2.03. The molecule has 0 radical (unpaired) electrons. The Morgan fingerprint density at radius 2 is 1.92 bits per heavy atom. The fourth-order valence-corrected chi connectivity index (χ4v) is 2.53. The zero-order valence-corrected chi connectivity index (χ0v) is 15.6. The molecule has 0 atom stereocenters. The summed E-state index contributed by atoms with van der Waals surface area (Å²) >= 11 is 0. The van der Waals surface area contributed by atoms with Crippen LogP contribution in [0.25, 0.3) is 0 Å². The summed E-state index contributed by atoms with van der Waals surface area (Å²) in [7, 11) is 0. The molecule has 5 nitrogen and oxygen atoms in total. The highest BCUT2D eigenvalue weighted by Gasteiger charge is 2.08. The smallest absolute Gasteiger partial charge is 0.224 e. The zero-order chi connectivity index (χ0) is 17.8. The monoisotopic (exact) mass is 332 g/mol. The molecule has 0 unspecified atom stereocenters. The predicted molar refractivity (Wildman–Crippen MR) is 101 cm³/mol. The normalized spacial score (nSPS) is 11.2. The summed E-state index contributed by atoms with van der Waals surface area (Å²) < 4.78 is 0. The lowest BCUT2D eigenvalue weighted by atomic mass is 10.1. The van der Waals surface area contributed by atoms with E-state index >= 15 is 0 Å². The molecule has 5 heteroatoms. The number of benzene rings is 1. The average Bonchev–Trinajstić information content (AvgIpc) is 2.56. The highest BCUT2D eigenvalue weighted by atomic mass is 16.2. The summed E-state index contributed by atoms with van der Waals surface area (Å²) in [6.45, 7) is 11.8. The van der Waals surface area contributed by atoms with E-state index in [1.54, 1.807) is 0 Å². The van der Waals surface area contributed by atoms with E-state index < -0.39 is 0 Å². The quantitative estimate of drug-likeness (QED) is 0.539. The lowest BCUT2D eigenvalue weighted by molar-refractivity contribution is -0.130. The number of aliphatic imine (C=N–C) groups is 1. The second-order valence-electron chi connectivity index (χ2n) is 5.74. The van der Waals surface area contributed by atoms with Crippen molar-refractivity contribution in [2.75, 3.05) is 32.7 Å². The average molecular weight is 332 g/mol. The fourth-order valence-electron chi connectivity index (χ4n) is 2.53. The number of aryl methyl sites for hydroxylation is 1. The van der Waals surface area contributed by atoms with Gasteiger partial charge in [-0.1, -0.05) is 29.8 Å². The number of nitrogens with one attached hydrogen (secondary N) is 2. The first-order valence-corrected chi connectivity index (χ1v) is 8.96. The molecule has 0 spiro atoms. The lowest BCUT2D eigenvalue weighted by Gasteiger charge is -2.18. The third-order valence-electron chi connectivity index (χ3n) is 3.84. The van der Waals surface area contributed by atoms with Crippen LogP contribution in [0.15, 0.2) is 29.3 Å². The van der Waals surface area contributed by atoms with Crippen LogP contribution in [0, 0.1) is 6.92 Å². The molecular weight excluding hydrogens is 300 g/mol. The van der Waals surface area contributed by atoms with E-state index in [2.05, 4.69) is 46.8 Å². The van der Waals surface area contributed by atoms with Gasteiger partial charge in [0.2, 0.25) is 5.91 Å². The van der Waals surface area contributed by atoms with Crippen molar-refractivity contribution in [2.24, 2.45) is 4.99 Å². The molecule has 1 aromatic rings. The molecule has 0 fully saturated rings. The number of rotatable bonds is 9. The molecule has 1 rings (SSSR count). The van der Waals surface area contributed by atoms with Crippen molar-refractivity contribution in [3.05, 3.63) is 35.4 Å². The van der Waals surface area contributed by atoms with E-state index in [1.165, 1.54) is 11.1 Å². The Bertz CT molecular complexity index is 524. The third kappa shape index (κ3) is 7.49. The minimum absolute atomic E-state index is 0.166. The number of guanidine groups is 1. The van der Waals surface area contributed by atoms with Crippen molar-refractivity contribution < 1.29 is 4.79 Å². The van der Waals surface area contributed by atoms with Crippen LogP contribution in [-0.2, 0) is 11.2 Å². The zero-order valence-electron chi connectivity index (χ0n) is 15.6. The number of amides is 1. The summed E-state index contributed by atoms with van der Waals surface area (Å²) in [5.74, 6) is 0.942. The highest BCUT2D eigenvalue weighted by molar-refractivity contribution is 5.80. The maximum atomic E-state index is 12.0.